The molecular weight excluding hydrogens is 384 g/mol. The van der Waals surface area contributed by atoms with Crippen molar-refractivity contribution in [3.63, 3.8) is 0 Å². The molecule has 172 valence electrons. The zero-order valence-corrected chi connectivity index (χ0v) is 19.7. The van der Waals surface area contributed by atoms with E-state index in [1.165, 1.54) is 68.1 Å². The molecule has 0 amide bonds. The maximum Gasteiger partial charge on any atom is 0.333 e. The first-order valence-corrected chi connectivity index (χ1v) is 12.5. The molecule has 31 heavy (non-hydrogen) atoms. The van der Waals surface area contributed by atoms with Crippen molar-refractivity contribution in [2.75, 3.05) is 13.2 Å². The van der Waals surface area contributed by atoms with Crippen LogP contribution < -0.4 is 0 Å². The Morgan fingerprint density at radius 1 is 1.00 bits per heavy atom. The number of esters is 1. The summed E-state index contributed by atoms with van der Waals surface area (Å²) in [5, 5.41) is 9.25. The van der Waals surface area contributed by atoms with E-state index in [1.807, 2.05) is 0 Å². The predicted octanol–water partition coefficient (Wildman–Crippen LogP) is 6.37. The molecule has 0 radical (unpaired) electrons. The normalized spacial score (nSPS) is 26.4. The Balaban J connectivity index is 1.60. The molecule has 3 heteroatoms. The van der Waals surface area contributed by atoms with Crippen molar-refractivity contribution in [3.8, 4) is 0 Å². The summed E-state index contributed by atoms with van der Waals surface area (Å²) in [4.78, 5) is 11.7. The molecule has 0 unspecified atom stereocenters. The van der Waals surface area contributed by atoms with Gasteiger partial charge in [0.1, 0.15) is 0 Å². The van der Waals surface area contributed by atoms with E-state index in [9.17, 15) is 9.90 Å². The minimum absolute atomic E-state index is 0.204. The molecule has 2 fully saturated rings. The van der Waals surface area contributed by atoms with Gasteiger partial charge < -0.3 is 9.84 Å². The smallest absolute Gasteiger partial charge is 0.333 e. The summed E-state index contributed by atoms with van der Waals surface area (Å²) in [5.41, 5.74) is 4.43. The fraction of sp³-hybridized carbons (Fsp3) is 0.679. The standard InChI is InChI=1S/C28H42O3/c1-20(2)28(30)31-18-16-27-19-26(15-14-22(27)5-4-17-29)25-12-10-24(11-13-25)23-8-6-21(3)7-9-23/h14-15,19,21,23-25,29H,1,4-13,16-18H2,2-3H3. The monoisotopic (exact) mass is 426 g/mol. The molecule has 0 spiro atoms. The maximum atomic E-state index is 11.7. The first kappa shape index (κ1) is 24.0. The second-order valence-corrected chi connectivity index (χ2v) is 10.2. The number of carbonyl (C=O) groups is 1. The molecular formula is C28H42O3. The van der Waals surface area contributed by atoms with E-state index >= 15 is 0 Å². The Kier molecular flexibility index (Phi) is 9.19. The van der Waals surface area contributed by atoms with Crippen LogP contribution in [0.4, 0.5) is 0 Å². The highest BCUT2D eigenvalue weighted by molar-refractivity contribution is 5.86. The summed E-state index contributed by atoms with van der Waals surface area (Å²) in [6.45, 7) is 8.33. The summed E-state index contributed by atoms with van der Waals surface area (Å²) >= 11 is 0. The van der Waals surface area contributed by atoms with Gasteiger partial charge in [-0.25, -0.2) is 4.79 Å². The van der Waals surface area contributed by atoms with Gasteiger partial charge in [-0.05, 0) is 98.7 Å². The molecule has 3 rings (SSSR count). The van der Waals surface area contributed by atoms with Crippen LogP contribution in [0.5, 0.6) is 0 Å². The molecule has 2 aliphatic carbocycles. The van der Waals surface area contributed by atoms with Gasteiger partial charge in [0, 0.05) is 18.6 Å². The van der Waals surface area contributed by atoms with Crippen LogP contribution in [0.2, 0.25) is 0 Å². The second kappa shape index (κ2) is 11.9. The molecule has 0 heterocycles. The van der Waals surface area contributed by atoms with Crippen molar-refractivity contribution in [2.24, 2.45) is 17.8 Å². The average Bonchev–Trinajstić information content (AvgIpc) is 2.78. The lowest BCUT2D eigenvalue weighted by Gasteiger charge is -2.37. The lowest BCUT2D eigenvalue weighted by atomic mass is 9.68. The van der Waals surface area contributed by atoms with Gasteiger partial charge in [0.25, 0.3) is 0 Å². The lowest BCUT2D eigenvalue weighted by Crippen LogP contribution is -2.24. The number of rotatable bonds is 9. The summed E-state index contributed by atoms with van der Waals surface area (Å²) < 4.78 is 5.35. The fourth-order valence-electron chi connectivity index (χ4n) is 5.70. The van der Waals surface area contributed by atoms with Crippen molar-refractivity contribution in [1.82, 2.24) is 0 Å². The average molecular weight is 427 g/mol. The zero-order valence-electron chi connectivity index (χ0n) is 19.7. The highest BCUT2D eigenvalue weighted by Gasteiger charge is 2.30. The van der Waals surface area contributed by atoms with E-state index in [0.717, 1.165) is 37.0 Å². The highest BCUT2D eigenvalue weighted by atomic mass is 16.5. The van der Waals surface area contributed by atoms with Crippen LogP contribution in [0.25, 0.3) is 0 Å². The van der Waals surface area contributed by atoms with Crippen molar-refractivity contribution >= 4 is 5.97 Å². The number of hydrogen-bond donors (Lipinski definition) is 1. The second-order valence-electron chi connectivity index (χ2n) is 10.2. The lowest BCUT2D eigenvalue weighted by molar-refractivity contribution is -0.138. The third-order valence-corrected chi connectivity index (χ3v) is 7.76. The molecule has 1 aromatic rings. The number of hydrogen-bond acceptors (Lipinski definition) is 3. The topological polar surface area (TPSA) is 46.5 Å². The van der Waals surface area contributed by atoms with E-state index in [4.69, 9.17) is 4.74 Å². The minimum atomic E-state index is -0.316. The third kappa shape index (κ3) is 6.94. The maximum absolute atomic E-state index is 11.7. The third-order valence-electron chi connectivity index (χ3n) is 7.76. The minimum Gasteiger partial charge on any atom is -0.462 e. The van der Waals surface area contributed by atoms with Gasteiger partial charge in [0.15, 0.2) is 0 Å². The molecule has 0 aliphatic heterocycles. The Hall–Kier alpha value is -1.61. The molecule has 0 bridgehead atoms. The van der Waals surface area contributed by atoms with E-state index in [0.29, 0.717) is 18.1 Å². The van der Waals surface area contributed by atoms with Gasteiger partial charge in [-0.2, -0.15) is 0 Å². The Morgan fingerprint density at radius 2 is 1.65 bits per heavy atom. The Morgan fingerprint density at radius 3 is 2.26 bits per heavy atom. The molecule has 2 saturated carbocycles. The summed E-state index contributed by atoms with van der Waals surface area (Å²) in [7, 11) is 0. The van der Waals surface area contributed by atoms with Crippen LogP contribution in [0.1, 0.15) is 94.2 Å². The van der Waals surface area contributed by atoms with E-state index in [-0.39, 0.29) is 12.6 Å². The van der Waals surface area contributed by atoms with Gasteiger partial charge in [0.2, 0.25) is 0 Å². The summed E-state index contributed by atoms with van der Waals surface area (Å²) in [6, 6.07) is 6.91. The van der Waals surface area contributed by atoms with Crippen molar-refractivity contribution in [1.29, 1.82) is 0 Å². The summed E-state index contributed by atoms with van der Waals surface area (Å²) in [5.74, 6) is 3.18. The zero-order chi connectivity index (χ0) is 22.2. The Labute approximate surface area is 189 Å². The number of aliphatic hydroxyl groups is 1. The number of aliphatic hydroxyl groups excluding tert-OH is 1. The Bertz CT molecular complexity index is 722. The van der Waals surface area contributed by atoms with Crippen LogP contribution in [0, 0.1) is 17.8 Å². The number of benzene rings is 1. The largest absolute Gasteiger partial charge is 0.462 e. The SMILES string of the molecule is C=C(C)C(=O)OCCc1cc(C2CCC(C3CCC(C)CC3)CC2)ccc1CCCO. The molecule has 3 nitrogen and oxygen atoms in total. The fourth-order valence-corrected chi connectivity index (χ4v) is 5.70. The van der Waals surface area contributed by atoms with Crippen LogP contribution in [-0.4, -0.2) is 24.3 Å². The molecule has 0 saturated heterocycles. The van der Waals surface area contributed by atoms with E-state index in [2.05, 4.69) is 31.7 Å². The van der Waals surface area contributed by atoms with E-state index in [1.54, 1.807) is 6.92 Å². The van der Waals surface area contributed by atoms with Gasteiger partial charge in [0.05, 0.1) is 6.61 Å². The number of aryl methyl sites for hydroxylation is 1. The van der Waals surface area contributed by atoms with Gasteiger partial charge >= 0.3 is 5.97 Å². The van der Waals surface area contributed by atoms with Crippen LogP contribution in [0.15, 0.2) is 30.4 Å². The van der Waals surface area contributed by atoms with Gasteiger partial charge in [-0.3, -0.25) is 0 Å². The van der Waals surface area contributed by atoms with Crippen LogP contribution in [0.3, 0.4) is 0 Å². The van der Waals surface area contributed by atoms with Crippen LogP contribution in [-0.2, 0) is 22.4 Å². The number of ether oxygens (including phenoxy) is 1. The van der Waals surface area contributed by atoms with Crippen molar-refractivity contribution < 1.29 is 14.6 Å². The first-order chi connectivity index (χ1) is 15.0. The van der Waals surface area contributed by atoms with Crippen LogP contribution >= 0.6 is 0 Å². The number of carbonyl (C=O) groups excluding carboxylic acids is 1. The molecule has 1 N–H and O–H groups in total. The van der Waals surface area contributed by atoms with Gasteiger partial charge in [-0.1, -0.05) is 44.5 Å². The molecule has 1 aromatic carbocycles. The van der Waals surface area contributed by atoms with Crippen molar-refractivity contribution in [2.45, 2.75) is 90.4 Å². The van der Waals surface area contributed by atoms with Gasteiger partial charge in [-0.15, -0.1) is 0 Å². The molecule has 0 atom stereocenters. The van der Waals surface area contributed by atoms with E-state index < -0.39 is 0 Å². The first-order valence-electron chi connectivity index (χ1n) is 12.5. The van der Waals surface area contributed by atoms with Crippen molar-refractivity contribution in [3.05, 3.63) is 47.0 Å². The molecule has 0 aromatic heterocycles. The predicted molar refractivity (Wildman–Crippen MR) is 127 cm³/mol. The molecule has 2 aliphatic rings. The quantitative estimate of drug-likeness (QED) is 0.368. The summed E-state index contributed by atoms with van der Waals surface area (Å²) in [6.07, 6.45) is 13.5. The highest BCUT2D eigenvalue weighted by Crippen LogP contribution is 2.44.